The van der Waals surface area contributed by atoms with Crippen LogP contribution in [0.15, 0.2) is 34.1 Å². The van der Waals surface area contributed by atoms with Gasteiger partial charge in [0.2, 0.25) is 0 Å². The molecular formula is C12H10BrCl2NS. The number of anilines is 1. The summed E-state index contributed by atoms with van der Waals surface area (Å²) in [6.45, 7) is 2.08. The van der Waals surface area contributed by atoms with E-state index in [0.717, 1.165) is 9.47 Å². The van der Waals surface area contributed by atoms with Crippen LogP contribution in [0, 0.1) is 0 Å². The summed E-state index contributed by atoms with van der Waals surface area (Å²) < 4.78 is 1.12. The van der Waals surface area contributed by atoms with Crippen molar-refractivity contribution in [3.8, 4) is 0 Å². The summed E-state index contributed by atoms with van der Waals surface area (Å²) in [6, 6.07) is 9.77. The maximum Gasteiger partial charge on any atom is 0.0723 e. The molecule has 17 heavy (non-hydrogen) atoms. The molecule has 90 valence electrons. The van der Waals surface area contributed by atoms with Gasteiger partial charge >= 0.3 is 0 Å². The molecule has 1 nitrogen and oxygen atoms in total. The summed E-state index contributed by atoms with van der Waals surface area (Å²) in [5.41, 5.74) is 0.785. The van der Waals surface area contributed by atoms with Gasteiger partial charge in [0.1, 0.15) is 0 Å². The van der Waals surface area contributed by atoms with Gasteiger partial charge in [0.15, 0.2) is 0 Å². The van der Waals surface area contributed by atoms with Crippen LogP contribution in [0.3, 0.4) is 0 Å². The van der Waals surface area contributed by atoms with Crippen molar-refractivity contribution in [1.82, 2.24) is 0 Å². The molecule has 0 bridgehead atoms. The Morgan fingerprint density at radius 1 is 1.18 bits per heavy atom. The first-order valence-corrected chi connectivity index (χ1v) is 7.40. The molecule has 2 aromatic rings. The van der Waals surface area contributed by atoms with E-state index in [4.69, 9.17) is 23.2 Å². The Morgan fingerprint density at radius 2 is 1.82 bits per heavy atom. The smallest absolute Gasteiger partial charge is 0.0723 e. The molecule has 2 rings (SSSR count). The Bertz CT molecular complexity index is 507. The third-order valence-corrected chi connectivity index (χ3v) is 4.78. The van der Waals surface area contributed by atoms with E-state index < -0.39 is 0 Å². The van der Waals surface area contributed by atoms with Crippen LogP contribution in [0.25, 0.3) is 0 Å². The summed E-state index contributed by atoms with van der Waals surface area (Å²) in [6.07, 6.45) is 0. The van der Waals surface area contributed by atoms with E-state index in [1.165, 1.54) is 4.88 Å². The lowest BCUT2D eigenvalue weighted by Gasteiger charge is -2.16. The lowest BCUT2D eigenvalue weighted by Crippen LogP contribution is -2.05. The minimum absolute atomic E-state index is 0.170. The van der Waals surface area contributed by atoms with Gasteiger partial charge in [-0.1, -0.05) is 29.3 Å². The fraction of sp³-hybridized carbons (Fsp3) is 0.167. The number of benzene rings is 1. The maximum absolute atomic E-state index is 6.11. The highest BCUT2D eigenvalue weighted by atomic mass is 79.9. The summed E-state index contributed by atoms with van der Waals surface area (Å²) in [5, 5.41) is 4.61. The van der Waals surface area contributed by atoms with Crippen molar-refractivity contribution in [2.45, 2.75) is 13.0 Å². The predicted octanol–water partition coefficient (Wildman–Crippen LogP) is 5.99. The number of thiophene rings is 1. The molecule has 1 unspecified atom stereocenters. The molecule has 0 saturated carbocycles. The highest BCUT2D eigenvalue weighted by molar-refractivity contribution is 9.11. The first-order valence-electron chi connectivity index (χ1n) is 5.03. The fourth-order valence-corrected chi connectivity index (χ4v) is 3.42. The zero-order valence-electron chi connectivity index (χ0n) is 9.01. The molecule has 0 aliphatic carbocycles. The van der Waals surface area contributed by atoms with Crippen molar-refractivity contribution in [3.05, 3.63) is 49.0 Å². The average molecular weight is 351 g/mol. The van der Waals surface area contributed by atoms with Gasteiger partial charge in [0, 0.05) is 4.88 Å². The van der Waals surface area contributed by atoms with Crippen molar-refractivity contribution in [1.29, 1.82) is 0 Å². The van der Waals surface area contributed by atoms with E-state index in [0.29, 0.717) is 10.0 Å². The SMILES string of the molecule is CC(Nc1c(Cl)cccc1Cl)c1ccc(Br)s1. The molecule has 0 aliphatic rings. The second-order valence-corrected chi connectivity index (χ2v) is 6.91. The zero-order valence-corrected chi connectivity index (χ0v) is 12.9. The molecule has 1 N–H and O–H groups in total. The second-order valence-electron chi connectivity index (χ2n) is 3.60. The van der Waals surface area contributed by atoms with E-state index >= 15 is 0 Å². The number of hydrogen-bond donors (Lipinski definition) is 1. The first-order chi connectivity index (χ1) is 8.08. The van der Waals surface area contributed by atoms with Gasteiger partial charge in [0.25, 0.3) is 0 Å². The third kappa shape index (κ3) is 3.16. The van der Waals surface area contributed by atoms with Gasteiger partial charge in [-0.25, -0.2) is 0 Å². The molecule has 1 aromatic heterocycles. The van der Waals surface area contributed by atoms with Crippen LogP contribution in [0.5, 0.6) is 0 Å². The standard InChI is InChI=1S/C12H10BrCl2NS/c1-7(10-5-6-11(13)17-10)16-12-8(14)3-2-4-9(12)15/h2-7,16H,1H3. The Balaban J connectivity index is 2.21. The zero-order chi connectivity index (χ0) is 12.4. The Kier molecular flexibility index (Phi) is 4.36. The Morgan fingerprint density at radius 3 is 2.35 bits per heavy atom. The summed E-state index contributed by atoms with van der Waals surface area (Å²) >= 11 is 17.4. The molecule has 1 atom stereocenters. The Labute approximate surface area is 123 Å². The number of halogens is 3. The number of nitrogens with one attached hydrogen (secondary N) is 1. The van der Waals surface area contributed by atoms with Gasteiger partial charge in [-0.2, -0.15) is 0 Å². The summed E-state index contributed by atoms with van der Waals surface area (Å²) in [5.74, 6) is 0. The minimum Gasteiger partial charge on any atom is -0.375 e. The topological polar surface area (TPSA) is 12.0 Å². The molecule has 1 heterocycles. The second kappa shape index (κ2) is 5.61. The number of hydrogen-bond acceptors (Lipinski definition) is 2. The average Bonchev–Trinajstić information content (AvgIpc) is 2.70. The van der Waals surface area contributed by atoms with Gasteiger partial charge in [-0.15, -0.1) is 11.3 Å². The van der Waals surface area contributed by atoms with Crippen LogP contribution in [-0.4, -0.2) is 0 Å². The van der Waals surface area contributed by atoms with Crippen LogP contribution < -0.4 is 5.32 Å². The quantitative estimate of drug-likeness (QED) is 0.716. The van der Waals surface area contributed by atoms with E-state index in [-0.39, 0.29) is 6.04 Å². The van der Waals surface area contributed by atoms with Crippen molar-refractivity contribution in [3.63, 3.8) is 0 Å². The number of rotatable bonds is 3. The van der Waals surface area contributed by atoms with Gasteiger partial charge < -0.3 is 5.32 Å². The predicted molar refractivity (Wildman–Crippen MR) is 80.5 cm³/mol. The first kappa shape index (κ1) is 13.2. The molecule has 5 heteroatoms. The van der Waals surface area contributed by atoms with Crippen LogP contribution in [0.2, 0.25) is 10.0 Å². The third-order valence-electron chi connectivity index (χ3n) is 2.34. The van der Waals surface area contributed by atoms with E-state index in [2.05, 4.69) is 34.2 Å². The summed E-state index contributed by atoms with van der Waals surface area (Å²) in [7, 11) is 0. The molecule has 1 aromatic carbocycles. The molecular weight excluding hydrogens is 341 g/mol. The monoisotopic (exact) mass is 349 g/mol. The highest BCUT2D eigenvalue weighted by Gasteiger charge is 2.12. The van der Waals surface area contributed by atoms with Gasteiger partial charge in [0.05, 0.1) is 25.6 Å². The van der Waals surface area contributed by atoms with Crippen LogP contribution in [0.4, 0.5) is 5.69 Å². The molecule has 0 amide bonds. The lowest BCUT2D eigenvalue weighted by atomic mass is 10.2. The molecule has 0 radical (unpaired) electrons. The van der Waals surface area contributed by atoms with E-state index in [1.807, 2.05) is 24.3 Å². The van der Waals surface area contributed by atoms with Gasteiger partial charge in [-0.05, 0) is 47.1 Å². The Hall–Kier alpha value is -0.220. The van der Waals surface area contributed by atoms with Crippen LogP contribution in [-0.2, 0) is 0 Å². The lowest BCUT2D eigenvalue weighted by molar-refractivity contribution is 0.908. The largest absolute Gasteiger partial charge is 0.375 e. The van der Waals surface area contributed by atoms with Crippen molar-refractivity contribution >= 4 is 56.2 Å². The van der Waals surface area contributed by atoms with E-state index in [1.54, 1.807) is 11.3 Å². The minimum atomic E-state index is 0.170. The maximum atomic E-state index is 6.11. The van der Waals surface area contributed by atoms with Crippen molar-refractivity contribution in [2.24, 2.45) is 0 Å². The molecule has 0 spiro atoms. The fourth-order valence-electron chi connectivity index (χ4n) is 1.48. The molecule has 0 fully saturated rings. The molecule has 0 saturated heterocycles. The van der Waals surface area contributed by atoms with Crippen molar-refractivity contribution in [2.75, 3.05) is 5.32 Å². The van der Waals surface area contributed by atoms with Crippen LogP contribution >= 0.6 is 50.5 Å². The van der Waals surface area contributed by atoms with Gasteiger partial charge in [-0.3, -0.25) is 0 Å². The van der Waals surface area contributed by atoms with E-state index in [9.17, 15) is 0 Å². The van der Waals surface area contributed by atoms with Crippen LogP contribution in [0.1, 0.15) is 17.8 Å². The molecule has 0 aliphatic heterocycles. The summed E-state index contributed by atoms with van der Waals surface area (Å²) in [4.78, 5) is 1.23. The number of para-hydroxylation sites is 1. The normalized spacial score (nSPS) is 12.5. The van der Waals surface area contributed by atoms with Crippen molar-refractivity contribution < 1.29 is 0 Å². The highest BCUT2D eigenvalue weighted by Crippen LogP contribution is 2.35.